The molecule has 4 rings (SSSR count). The Balaban J connectivity index is 1.95. The van der Waals surface area contributed by atoms with Crippen LogP contribution in [0.5, 0.6) is 11.5 Å². The first-order valence-corrected chi connectivity index (χ1v) is 13.0. The van der Waals surface area contributed by atoms with Crippen LogP contribution in [0.15, 0.2) is 63.5 Å². The highest BCUT2D eigenvalue weighted by atomic mass is 35.5. The van der Waals surface area contributed by atoms with Crippen molar-refractivity contribution in [3.8, 4) is 11.5 Å². The smallest absolute Gasteiger partial charge is 0.341 e. The maximum absolute atomic E-state index is 13.8. The third-order valence-electron chi connectivity index (χ3n) is 5.65. The summed E-state index contributed by atoms with van der Waals surface area (Å²) in [4.78, 5) is 42.9. The van der Waals surface area contributed by atoms with Gasteiger partial charge in [-0.1, -0.05) is 53.3 Å². The van der Waals surface area contributed by atoms with Crippen LogP contribution >= 0.6 is 22.9 Å². The van der Waals surface area contributed by atoms with E-state index in [1.807, 2.05) is 0 Å². The second-order valence-electron chi connectivity index (χ2n) is 8.11. The summed E-state index contributed by atoms with van der Waals surface area (Å²) in [6, 6.07) is 11.2. The summed E-state index contributed by atoms with van der Waals surface area (Å²) < 4.78 is 18.2. The van der Waals surface area contributed by atoms with E-state index in [1.165, 1.54) is 4.57 Å². The summed E-state index contributed by atoms with van der Waals surface area (Å²) >= 11 is 7.66. The van der Waals surface area contributed by atoms with Gasteiger partial charge in [0.1, 0.15) is 6.04 Å². The van der Waals surface area contributed by atoms with E-state index in [0.717, 1.165) is 11.3 Å². The number of carbonyl (C=O) groups excluding carboxylic acids is 1. The van der Waals surface area contributed by atoms with E-state index < -0.39 is 30.1 Å². The molecule has 0 radical (unpaired) electrons. The lowest BCUT2D eigenvalue weighted by atomic mass is 9.96. The number of nitrogens with zero attached hydrogens (tertiary/aromatic N) is 2. The maximum atomic E-state index is 13.8. The molecule has 0 bridgehead atoms. The molecule has 0 unspecified atom stereocenters. The van der Waals surface area contributed by atoms with Crippen LogP contribution in [0.4, 0.5) is 0 Å². The van der Waals surface area contributed by atoms with Gasteiger partial charge in [0.15, 0.2) is 22.9 Å². The monoisotopic (exact) mass is 556 g/mol. The van der Waals surface area contributed by atoms with Gasteiger partial charge in [-0.15, -0.1) is 0 Å². The van der Waals surface area contributed by atoms with Crippen molar-refractivity contribution in [2.45, 2.75) is 26.8 Å². The number of allylic oxidation sites excluding steroid dienone is 1. The summed E-state index contributed by atoms with van der Waals surface area (Å²) in [7, 11) is 0. The summed E-state index contributed by atoms with van der Waals surface area (Å²) in [6.45, 7) is 5.10. The first-order valence-electron chi connectivity index (χ1n) is 11.8. The van der Waals surface area contributed by atoms with Gasteiger partial charge in [0, 0.05) is 10.6 Å². The van der Waals surface area contributed by atoms with Crippen LogP contribution in [-0.2, 0) is 14.3 Å². The van der Waals surface area contributed by atoms with Crippen molar-refractivity contribution in [2.75, 3.05) is 19.8 Å². The number of carboxylic acids is 1. The normalized spacial score (nSPS) is 15.1. The quantitative estimate of drug-likeness (QED) is 0.402. The minimum Gasteiger partial charge on any atom is -0.490 e. The zero-order valence-electron chi connectivity index (χ0n) is 20.9. The Kier molecular flexibility index (Phi) is 8.33. The van der Waals surface area contributed by atoms with Crippen LogP contribution < -0.4 is 24.4 Å². The lowest BCUT2D eigenvalue weighted by Crippen LogP contribution is -2.40. The van der Waals surface area contributed by atoms with Gasteiger partial charge in [-0.3, -0.25) is 9.36 Å². The van der Waals surface area contributed by atoms with E-state index in [4.69, 9.17) is 30.9 Å². The highest BCUT2D eigenvalue weighted by Crippen LogP contribution is 2.35. The number of esters is 1. The molecular formula is C27H25ClN2O7S. The van der Waals surface area contributed by atoms with E-state index in [-0.39, 0.29) is 17.9 Å². The number of aliphatic carboxylic acids is 1. The lowest BCUT2D eigenvalue weighted by molar-refractivity contribution is -0.140. The third-order valence-corrected chi connectivity index (χ3v) is 6.98. The Morgan fingerprint density at radius 3 is 2.58 bits per heavy atom. The van der Waals surface area contributed by atoms with E-state index in [9.17, 15) is 14.4 Å². The number of aromatic nitrogens is 1. The standard InChI is InChI=1S/C27H25ClN2O7S/c1-4-35-19-12-8-9-16(24(19)37-14-21(31)32)13-20-25(33)30-23(17-10-6-7-11-18(17)28)22(26(34)36-5-2)15(3)29-27(30)38-20/h6-13,23H,4-5,14H2,1-3H3,(H,31,32)/b20-13+/t23-/m1/s1. The number of ether oxygens (including phenoxy) is 3. The minimum absolute atomic E-state index is 0.157. The van der Waals surface area contributed by atoms with Gasteiger partial charge in [0.2, 0.25) is 0 Å². The number of para-hydroxylation sites is 1. The average molecular weight is 557 g/mol. The molecule has 0 saturated carbocycles. The first-order chi connectivity index (χ1) is 18.3. The fourth-order valence-corrected chi connectivity index (χ4v) is 5.40. The number of hydrogen-bond donors (Lipinski definition) is 1. The maximum Gasteiger partial charge on any atom is 0.341 e. The fraction of sp³-hybridized carbons (Fsp3) is 0.259. The fourth-order valence-electron chi connectivity index (χ4n) is 4.13. The molecule has 1 N–H and O–H groups in total. The molecule has 11 heteroatoms. The van der Waals surface area contributed by atoms with Crippen molar-refractivity contribution in [3.05, 3.63) is 89.6 Å². The van der Waals surface area contributed by atoms with Gasteiger partial charge in [0.25, 0.3) is 5.56 Å². The molecule has 0 amide bonds. The molecule has 1 aromatic heterocycles. The molecule has 0 aliphatic carbocycles. The largest absolute Gasteiger partial charge is 0.490 e. The molecule has 3 aromatic rings. The predicted molar refractivity (Wildman–Crippen MR) is 143 cm³/mol. The topological polar surface area (TPSA) is 116 Å². The van der Waals surface area contributed by atoms with Crippen LogP contribution in [0.25, 0.3) is 6.08 Å². The second-order valence-corrected chi connectivity index (χ2v) is 9.53. The molecule has 9 nitrogen and oxygen atoms in total. The number of fused-ring (bicyclic) bond motifs is 1. The lowest BCUT2D eigenvalue weighted by Gasteiger charge is -2.25. The van der Waals surface area contributed by atoms with Gasteiger partial charge in [-0.05, 0) is 44.5 Å². The number of carboxylic acid groups (broad SMARTS) is 1. The van der Waals surface area contributed by atoms with E-state index >= 15 is 0 Å². The summed E-state index contributed by atoms with van der Waals surface area (Å²) in [6.07, 6.45) is 1.59. The van der Waals surface area contributed by atoms with Gasteiger partial charge >= 0.3 is 11.9 Å². The number of carbonyl (C=O) groups is 2. The van der Waals surface area contributed by atoms with Crippen LogP contribution in [0, 0.1) is 0 Å². The number of halogens is 1. The highest BCUT2D eigenvalue weighted by Gasteiger charge is 2.34. The number of thiazole rings is 1. The molecule has 2 aromatic carbocycles. The molecule has 198 valence electrons. The minimum atomic E-state index is -1.15. The van der Waals surface area contributed by atoms with Crippen molar-refractivity contribution in [1.29, 1.82) is 0 Å². The van der Waals surface area contributed by atoms with E-state index in [1.54, 1.807) is 69.3 Å². The zero-order chi connectivity index (χ0) is 27.4. The summed E-state index contributed by atoms with van der Waals surface area (Å²) in [5.74, 6) is -1.18. The summed E-state index contributed by atoms with van der Waals surface area (Å²) in [5.41, 5.74) is 1.26. The molecule has 0 fully saturated rings. The third kappa shape index (κ3) is 5.36. The Hall–Kier alpha value is -3.89. The molecule has 1 aliphatic heterocycles. The first kappa shape index (κ1) is 27.2. The molecule has 0 saturated heterocycles. The van der Waals surface area contributed by atoms with Crippen LogP contribution in [0.3, 0.4) is 0 Å². The predicted octanol–water partition coefficient (Wildman–Crippen LogP) is 3.31. The molecule has 1 aliphatic rings. The van der Waals surface area contributed by atoms with Crippen molar-refractivity contribution < 1.29 is 28.9 Å². The van der Waals surface area contributed by atoms with Crippen molar-refractivity contribution in [1.82, 2.24) is 4.57 Å². The Labute approximate surface area is 226 Å². The molecular weight excluding hydrogens is 532 g/mol. The van der Waals surface area contributed by atoms with Gasteiger partial charge in [0.05, 0.1) is 29.0 Å². The van der Waals surface area contributed by atoms with E-state index in [2.05, 4.69) is 4.99 Å². The Morgan fingerprint density at radius 1 is 1.13 bits per heavy atom. The van der Waals surface area contributed by atoms with Crippen molar-refractivity contribution in [3.63, 3.8) is 0 Å². The molecule has 0 spiro atoms. The number of hydrogen-bond acceptors (Lipinski definition) is 8. The SMILES string of the molecule is CCOC(=O)C1=C(C)N=c2s/c(=C/c3cccc(OCC)c3OCC(=O)O)c(=O)n2[C@@H]1c1ccccc1Cl. The molecule has 38 heavy (non-hydrogen) atoms. The van der Waals surface area contributed by atoms with Gasteiger partial charge in [-0.2, -0.15) is 0 Å². The van der Waals surface area contributed by atoms with Crippen LogP contribution in [-0.4, -0.2) is 41.4 Å². The van der Waals surface area contributed by atoms with E-state index in [0.29, 0.717) is 43.5 Å². The van der Waals surface area contributed by atoms with Crippen LogP contribution in [0.2, 0.25) is 5.02 Å². The number of benzene rings is 2. The Morgan fingerprint density at radius 2 is 1.89 bits per heavy atom. The van der Waals surface area contributed by atoms with Crippen LogP contribution in [0.1, 0.15) is 37.9 Å². The highest BCUT2D eigenvalue weighted by molar-refractivity contribution is 7.07. The van der Waals surface area contributed by atoms with Gasteiger partial charge in [-0.25, -0.2) is 14.6 Å². The molecule has 2 heterocycles. The zero-order valence-corrected chi connectivity index (χ0v) is 22.5. The Bertz CT molecular complexity index is 1610. The van der Waals surface area contributed by atoms with Gasteiger partial charge < -0.3 is 19.3 Å². The second kappa shape index (κ2) is 11.7. The summed E-state index contributed by atoms with van der Waals surface area (Å²) in [5, 5.41) is 9.52. The average Bonchev–Trinajstić information content (AvgIpc) is 3.17. The van der Waals surface area contributed by atoms with Crippen molar-refractivity contribution in [2.24, 2.45) is 4.99 Å². The number of rotatable bonds is 9. The molecule has 1 atom stereocenters. The van der Waals surface area contributed by atoms with Crippen molar-refractivity contribution >= 4 is 41.0 Å².